The molecule has 2 bridgehead atoms. The molecule has 2 N–H and O–H groups in total. The number of fused-ring (bicyclic) bond motifs is 2. The molecule has 0 spiro atoms. The van der Waals surface area contributed by atoms with Crippen LogP contribution >= 0.6 is 27.5 Å². The van der Waals surface area contributed by atoms with Crippen molar-refractivity contribution in [1.82, 2.24) is 15.1 Å². The smallest absolute Gasteiger partial charge is 0.283 e. The lowest BCUT2D eigenvalue weighted by molar-refractivity contribution is -0.122. The number of hydrogen-bond donors (Lipinski definition) is 2. The molecule has 172 valence electrons. The van der Waals surface area contributed by atoms with Crippen LogP contribution in [0.25, 0.3) is 0 Å². The van der Waals surface area contributed by atoms with Gasteiger partial charge in [-0.1, -0.05) is 44.5 Å². The molecule has 6 nitrogen and oxygen atoms in total. The first-order valence-corrected chi connectivity index (χ1v) is 12.3. The summed E-state index contributed by atoms with van der Waals surface area (Å²) in [7, 11) is 0. The molecule has 0 radical (unpaired) electrons. The van der Waals surface area contributed by atoms with Crippen LogP contribution in [0.2, 0.25) is 5.02 Å². The van der Waals surface area contributed by atoms with E-state index in [1.807, 2.05) is 19.1 Å². The zero-order valence-corrected chi connectivity index (χ0v) is 21.2. The van der Waals surface area contributed by atoms with Gasteiger partial charge in [0.2, 0.25) is 5.91 Å². The normalized spacial score (nSPS) is 26.7. The third-order valence-electron chi connectivity index (χ3n) is 7.72. The van der Waals surface area contributed by atoms with Crippen LogP contribution in [0.5, 0.6) is 0 Å². The number of carbonyl (C=O) groups is 1. The minimum Gasteiger partial charge on any atom is -0.380 e. The largest absolute Gasteiger partial charge is 0.380 e. The van der Waals surface area contributed by atoms with Gasteiger partial charge in [-0.25, -0.2) is 4.68 Å². The van der Waals surface area contributed by atoms with Crippen molar-refractivity contribution in [2.75, 3.05) is 5.32 Å². The highest BCUT2D eigenvalue weighted by molar-refractivity contribution is 9.10. The van der Waals surface area contributed by atoms with Gasteiger partial charge in [-0.05, 0) is 76.6 Å². The number of carbonyl (C=O) groups excluding carboxylic acids is 1. The van der Waals surface area contributed by atoms with Gasteiger partial charge in [0.15, 0.2) is 0 Å². The SMILES string of the molecule is CC(NC(=O)Cn1ncc(N[C@@H]2C[C@H]3C[C@@H]([C@H]2C)C3(C)C)c(Br)c1=O)c1ccc(Cl)cc1. The Balaban J connectivity index is 1.40. The van der Waals surface area contributed by atoms with Gasteiger partial charge in [-0.3, -0.25) is 9.59 Å². The second-order valence-corrected chi connectivity index (χ2v) is 11.1. The minimum absolute atomic E-state index is 0.145. The first-order chi connectivity index (χ1) is 15.1. The number of hydrogen-bond acceptors (Lipinski definition) is 4. The Bertz CT molecular complexity index is 1070. The summed E-state index contributed by atoms with van der Waals surface area (Å²) >= 11 is 9.35. The molecule has 0 saturated heterocycles. The zero-order valence-electron chi connectivity index (χ0n) is 18.9. The summed E-state index contributed by atoms with van der Waals surface area (Å²) in [6.07, 6.45) is 4.04. The summed E-state index contributed by atoms with van der Waals surface area (Å²) in [5, 5.41) is 11.3. The van der Waals surface area contributed by atoms with E-state index in [4.69, 9.17) is 11.6 Å². The predicted octanol–water partition coefficient (Wildman–Crippen LogP) is 5.02. The van der Waals surface area contributed by atoms with Crippen LogP contribution in [-0.2, 0) is 11.3 Å². The molecule has 2 aromatic rings. The Morgan fingerprint density at radius 1 is 1.31 bits per heavy atom. The molecule has 3 fully saturated rings. The fourth-order valence-electron chi connectivity index (χ4n) is 5.48. The summed E-state index contributed by atoms with van der Waals surface area (Å²) in [6.45, 7) is 8.78. The Morgan fingerprint density at radius 3 is 2.62 bits per heavy atom. The number of rotatable bonds is 6. The van der Waals surface area contributed by atoms with E-state index in [0.717, 1.165) is 17.9 Å². The molecule has 3 saturated carbocycles. The molecule has 5 atom stereocenters. The zero-order chi connectivity index (χ0) is 23.2. The van der Waals surface area contributed by atoms with E-state index in [-0.39, 0.29) is 24.1 Å². The standard InChI is InChI=1S/C24H30BrClN4O2/c1-13-18-9-16(24(18,3)4)10-19(13)29-20-11-27-30(23(32)22(20)25)12-21(31)28-14(2)15-5-7-17(26)8-6-15/h5-8,11,13-14,16,18-19,29H,9-10,12H2,1-4H3,(H,28,31)/t13-,14?,16-,18+,19-/m1/s1. The van der Waals surface area contributed by atoms with E-state index in [9.17, 15) is 9.59 Å². The van der Waals surface area contributed by atoms with Crippen molar-refractivity contribution in [2.24, 2.45) is 23.2 Å². The highest BCUT2D eigenvalue weighted by Crippen LogP contribution is 2.61. The second kappa shape index (κ2) is 8.82. The average Bonchev–Trinajstić information content (AvgIpc) is 2.74. The van der Waals surface area contributed by atoms with E-state index in [2.05, 4.69) is 52.4 Å². The summed E-state index contributed by atoms with van der Waals surface area (Å²) in [5.74, 6) is 1.68. The number of nitrogens with zero attached hydrogens (tertiary/aromatic N) is 2. The number of amides is 1. The fourth-order valence-corrected chi connectivity index (χ4v) is 6.02. The van der Waals surface area contributed by atoms with Crippen LogP contribution in [0.1, 0.15) is 52.1 Å². The third-order valence-corrected chi connectivity index (χ3v) is 8.74. The Hall–Kier alpha value is -1.86. The van der Waals surface area contributed by atoms with Gasteiger partial charge in [0, 0.05) is 11.1 Å². The molecule has 1 aromatic carbocycles. The lowest BCUT2D eigenvalue weighted by Gasteiger charge is -2.62. The van der Waals surface area contributed by atoms with Crippen molar-refractivity contribution in [3.63, 3.8) is 0 Å². The molecule has 3 aliphatic carbocycles. The van der Waals surface area contributed by atoms with Crippen molar-refractivity contribution in [2.45, 2.75) is 59.2 Å². The molecule has 0 aliphatic heterocycles. The lowest BCUT2D eigenvalue weighted by Crippen LogP contribution is -2.58. The summed E-state index contributed by atoms with van der Waals surface area (Å²) in [5.41, 5.74) is 1.72. The van der Waals surface area contributed by atoms with E-state index in [1.165, 1.54) is 11.1 Å². The maximum atomic E-state index is 12.8. The molecule has 1 unspecified atom stereocenters. The Labute approximate surface area is 202 Å². The van der Waals surface area contributed by atoms with Crippen LogP contribution in [-0.4, -0.2) is 21.7 Å². The topological polar surface area (TPSA) is 76.0 Å². The van der Waals surface area contributed by atoms with Gasteiger partial charge in [0.25, 0.3) is 5.56 Å². The number of nitrogens with one attached hydrogen (secondary N) is 2. The van der Waals surface area contributed by atoms with Gasteiger partial charge in [0.05, 0.1) is 17.9 Å². The number of anilines is 1. The molecular formula is C24H30BrClN4O2. The Morgan fingerprint density at radius 2 is 2.00 bits per heavy atom. The van der Waals surface area contributed by atoms with Gasteiger partial charge < -0.3 is 10.6 Å². The van der Waals surface area contributed by atoms with Crippen molar-refractivity contribution < 1.29 is 4.79 Å². The summed E-state index contributed by atoms with van der Waals surface area (Å²) in [4.78, 5) is 25.3. The quantitative estimate of drug-likeness (QED) is 0.560. The van der Waals surface area contributed by atoms with Gasteiger partial charge >= 0.3 is 0 Å². The summed E-state index contributed by atoms with van der Waals surface area (Å²) in [6, 6.07) is 7.42. The van der Waals surface area contributed by atoms with Crippen molar-refractivity contribution in [3.05, 3.63) is 55.9 Å². The predicted molar refractivity (Wildman–Crippen MR) is 131 cm³/mol. The van der Waals surface area contributed by atoms with Crippen LogP contribution in [0.15, 0.2) is 39.7 Å². The van der Waals surface area contributed by atoms with Crippen LogP contribution < -0.4 is 16.2 Å². The van der Waals surface area contributed by atoms with Gasteiger partial charge in [0.1, 0.15) is 11.0 Å². The molecule has 1 aromatic heterocycles. The molecule has 3 aliphatic rings. The molecule has 5 rings (SSSR count). The minimum atomic E-state index is -0.321. The molecule has 8 heteroatoms. The highest BCUT2D eigenvalue weighted by atomic mass is 79.9. The number of halogens is 2. The maximum Gasteiger partial charge on any atom is 0.283 e. The van der Waals surface area contributed by atoms with Crippen LogP contribution in [0.4, 0.5) is 5.69 Å². The average molecular weight is 522 g/mol. The fraction of sp³-hybridized carbons (Fsp3) is 0.542. The van der Waals surface area contributed by atoms with Crippen LogP contribution in [0.3, 0.4) is 0 Å². The second-order valence-electron chi connectivity index (χ2n) is 9.88. The van der Waals surface area contributed by atoms with E-state index < -0.39 is 0 Å². The van der Waals surface area contributed by atoms with Crippen molar-refractivity contribution in [1.29, 1.82) is 0 Å². The van der Waals surface area contributed by atoms with Crippen molar-refractivity contribution in [3.8, 4) is 0 Å². The number of aromatic nitrogens is 2. The van der Waals surface area contributed by atoms with Gasteiger partial charge in [-0.15, -0.1) is 0 Å². The highest BCUT2D eigenvalue weighted by Gasteiger charge is 2.56. The van der Waals surface area contributed by atoms with Crippen LogP contribution in [0, 0.1) is 23.2 Å². The van der Waals surface area contributed by atoms with Gasteiger partial charge in [-0.2, -0.15) is 5.10 Å². The lowest BCUT2D eigenvalue weighted by atomic mass is 9.45. The molecule has 1 amide bonds. The monoisotopic (exact) mass is 520 g/mol. The van der Waals surface area contributed by atoms with E-state index in [0.29, 0.717) is 38.5 Å². The first-order valence-electron chi connectivity index (χ1n) is 11.1. The first kappa shape index (κ1) is 23.3. The molecule has 1 heterocycles. The van der Waals surface area contributed by atoms with E-state index in [1.54, 1.807) is 18.3 Å². The summed E-state index contributed by atoms with van der Waals surface area (Å²) < 4.78 is 1.60. The van der Waals surface area contributed by atoms with Crippen molar-refractivity contribution >= 4 is 39.1 Å². The van der Waals surface area contributed by atoms with E-state index >= 15 is 0 Å². The number of benzene rings is 1. The Kier molecular flexibility index (Phi) is 6.43. The molecular weight excluding hydrogens is 492 g/mol. The third kappa shape index (κ3) is 4.34. The maximum absolute atomic E-state index is 12.8. The molecule has 32 heavy (non-hydrogen) atoms.